The van der Waals surface area contributed by atoms with Gasteiger partial charge in [-0.3, -0.25) is 0 Å². The molecule has 0 aromatic heterocycles. The van der Waals surface area contributed by atoms with Gasteiger partial charge in [-0.2, -0.15) is 0 Å². The summed E-state index contributed by atoms with van der Waals surface area (Å²) in [5.41, 5.74) is -0.231. The molecule has 0 amide bonds. The Labute approximate surface area is 148 Å². The van der Waals surface area contributed by atoms with E-state index in [1.54, 1.807) is 12.1 Å². The maximum absolute atomic E-state index is 10.2. The van der Waals surface area contributed by atoms with E-state index < -0.39 is 0 Å². The number of aromatic hydroxyl groups is 2. The van der Waals surface area contributed by atoms with Gasteiger partial charge in [0, 0.05) is 0 Å². The fraction of sp³-hybridized carbons (Fsp3) is 0.714. The Hall–Kier alpha value is -1.38. The summed E-state index contributed by atoms with van der Waals surface area (Å²) >= 11 is 0. The Balaban J connectivity index is 2.98. The lowest BCUT2D eigenvalue weighted by atomic mass is 9.85. The minimum Gasteiger partial charge on any atom is -0.504 e. The van der Waals surface area contributed by atoms with E-state index in [2.05, 4.69) is 20.8 Å². The molecule has 0 spiro atoms. The van der Waals surface area contributed by atoms with Gasteiger partial charge in [0.15, 0.2) is 11.5 Å². The van der Waals surface area contributed by atoms with Gasteiger partial charge in [-0.1, -0.05) is 58.9 Å². The van der Waals surface area contributed by atoms with E-state index in [-0.39, 0.29) is 17.1 Å². The molecule has 1 rings (SSSR count). The second-order valence-electron chi connectivity index (χ2n) is 6.93. The average molecular weight is 337 g/mol. The van der Waals surface area contributed by atoms with Gasteiger partial charge < -0.3 is 14.9 Å². The van der Waals surface area contributed by atoms with Gasteiger partial charge in [-0.05, 0) is 50.7 Å². The number of benzene rings is 1. The quantitative estimate of drug-likeness (QED) is 0.316. The van der Waals surface area contributed by atoms with E-state index in [4.69, 9.17) is 4.74 Å². The largest absolute Gasteiger partial charge is 0.504 e. The van der Waals surface area contributed by atoms with E-state index in [0.29, 0.717) is 5.75 Å². The Bertz CT molecular complexity index is 446. The first kappa shape index (κ1) is 20.7. The van der Waals surface area contributed by atoms with Crippen LogP contribution in [-0.2, 0) is 0 Å². The van der Waals surface area contributed by atoms with Gasteiger partial charge in [0.05, 0.1) is 0 Å². The van der Waals surface area contributed by atoms with E-state index >= 15 is 0 Å². The summed E-state index contributed by atoms with van der Waals surface area (Å²) in [6, 6.07) is 4.98. The molecule has 1 aromatic carbocycles. The van der Waals surface area contributed by atoms with Crippen LogP contribution in [-0.4, -0.2) is 15.8 Å². The average Bonchev–Trinajstić information content (AvgIpc) is 2.57. The van der Waals surface area contributed by atoms with Crippen molar-refractivity contribution in [2.75, 3.05) is 0 Å². The minimum absolute atomic E-state index is 0.112. The maximum atomic E-state index is 10.2. The molecule has 0 radical (unpaired) electrons. The van der Waals surface area contributed by atoms with Crippen molar-refractivity contribution in [2.45, 2.75) is 97.0 Å². The number of rotatable bonds is 13. The number of hydrogen-bond donors (Lipinski definition) is 2. The molecule has 3 nitrogen and oxygen atoms in total. The summed E-state index contributed by atoms with van der Waals surface area (Å²) in [5.74, 6) is 0.169. The Morgan fingerprint density at radius 3 is 1.88 bits per heavy atom. The Morgan fingerprint density at radius 1 is 0.792 bits per heavy atom. The van der Waals surface area contributed by atoms with E-state index in [9.17, 15) is 10.2 Å². The predicted molar refractivity (Wildman–Crippen MR) is 101 cm³/mol. The van der Waals surface area contributed by atoms with Crippen molar-refractivity contribution in [2.24, 2.45) is 0 Å². The van der Waals surface area contributed by atoms with Crippen LogP contribution in [0.25, 0.3) is 0 Å². The second-order valence-corrected chi connectivity index (χ2v) is 6.93. The number of ether oxygens (including phenoxy) is 1. The first-order valence-electron chi connectivity index (χ1n) is 9.78. The lowest BCUT2D eigenvalue weighted by Crippen LogP contribution is -2.36. The predicted octanol–water partition coefficient (Wildman–Crippen LogP) is 6.57. The molecule has 0 fully saturated rings. The molecule has 1 aromatic rings. The normalized spacial score (nSPS) is 11.6. The number of hydrogen-bond acceptors (Lipinski definition) is 3. The van der Waals surface area contributed by atoms with Crippen molar-refractivity contribution in [3.63, 3.8) is 0 Å². The third-order valence-electron chi connectivity index (χ3n) is 4.76. The third kappa shape index (κ3) is 6.62. The number of unbranched alkanes of at least 4 members (excludes halogenated alkanes) is 5. The Morgan fingerprint density at radius 2 is 1.33 bits per heavy atom. The molecule has 138 valence electrons. The van der Waals surface area contributed by atoms with Gasteiger partial charge in [0.1, 0.15) is 5.60 Å². The monoisotopic (exact) mass is 336 g/mol. The van der Waals surface area contributed by atoms with Crippen LogP contribution >= 0.6 is 0 Å². The van der Waals surface area contributed by atoms with Crippen LogP contribution in [0.5, 0.6) is 17.2 Å². The zero-order valence-corrected chi connectivity index (χ0v) is 15.8. The van der Waals surface area contributed by atoms with Gasteiger partial charge in [0.2, 0.25) is 5.75 Å². The van der Waals surface area contributed by atoms with Gasteiger partial charge in [-0.25, -0.2) is 0 Å². The molecular formula is C21H36O3. The molecule has 0 unspecified atom stereocenters. The number of para-hydroxylation sites is 1. The lowest BCUT2D eigenvalue weighted by molar-refractivity contribution is 0.0312. The highest BCUT2D eigenvalue weighted by molar-refractivity contribution is 5.49. The minimum atomic E-state index is -0.231. The van der Waals surface area contributed by atoms with Crippen LogP contribution in [0.3, 0.4) is 0 Å². The fourth-order valence-electron chi connectivity index (χ4n) is 3.25. The fourth-order valence-corrected chi connectivity index (χ4v) is 3.25. The van der Waals surface area contributed by atoms with E-state index in [0.717, 1.165) is 44.9 Å². The van der Waals surface area contributed by atoms with Gasteiger partial charge >= 0.3 is 0 Å². The van der Waals surface area contributed by atoms with Crippen molar-refractivity contribution in [3.8, 4) is 17.2 Å². The van der Waals surface area contributed by atoms with Crippen LogP contribution in [0.2, 0.25) is 0 Å². The van der Waals surface area contributed by atoms with Crippen LogP contribution in [0.1, 0.15) is 91.4 Å². The highest BCUT2D eigenvalue weighted by Crippen LogP contribution is 2.40. The SMILES string of the molecule is CCCCCC(CCCC)(CCCCC)Oc1cccc(O)c1O. The van der Waals surface area contributed by atoms with Gasteiger partial charge in [-0.15, -0.1) is 0 Å². The van der Waals surface area contributed by atoms with Crippen molar-refractivity contribution in [3.05, 3.63) is 18.2 Å². The standard InChI is InChI=1S/C21H36O3/c1-4-7-10-16-21(15-9-6-3,17-11-8-5-2)24-19-14-12-13-18(22)20(19)23/h12-14,22-23H,4-11,15-17H2,1-3H3. The number of phenols is 2. The number of phenolic OH excluding ortho intramolecular Hbond substituents is 2. The topological polar surface area (TPSA) is 49.7 Å². The summed E-state index contributed by atoms with van der Waals surface area (Å²) in [6.07, 6.45) is 12.4. The first-order valence-corrected chi connectivity index (χ1v) is 9.78. The molecule has 3 heteroatoms. The van der Waals surface area contributed by atoms with Crippen molar-refractivity contribution >= 4 is 0 Å². The van der Waals surface area contributed by atoms with E-state index in [1.807, 2.05) is 0 Å². The molecule has 0 heterocycles. The molecule has 0 saturated carbocycles. The third-order valence-corrected chi connectivity index (χ3v) is 4.76. The summed E-state index contributed by atoms with van der Waals surface area (Å²) in [5, 5.41) is 19.9. The zero-order valence-electron chi connectivity index (χ0n) is 15.8. The van der Waals surface area contributed by atoms with Crippen LogP contribution < -0.4 is 4.74 Å². The molecule has 24 heavy (non-hydrogen) atoms. The molecule has 2 N–H and O–H groups in total. The van der Waals surface area contributed by atoms with Crippen LogP contribution in [0.4, 0.5) is 0 Å². The zero-order chi connectivity index (χ0) is 17.8. The van der Waals surface area contributed by atoms with E-state index in [1.165, 1.54) is 31.7 Å². The van der Waals surface area contributed by atoms with Crippen molar-refractivity contribution in [1.82, 2.24) is 0 Å². The lowest BCUT2D eigenvalue weighted by Gasteiger charge is -2.35. The smallest absolute Gasteiger partial charge is 0.200 e. The molecule has 0 saturated heterocycles. The molecule has 0 aliphatic heterocycles. The van der Waals surface area contributed by atoms with Crippen LogP contribution in [0.15, 0.2) is 18.2 Å². The highest BCUT2D eigenvalue weighted by Gasteiger charge is 2.32. The molecule has 0 bridgehead atoms. The summed E-state index contributed by atoms with van der Waals surface area (Å²) in [4.78, 5) is 0. The highest BCUT2D eigenvalue weighted by atomic mass is 16.5. The maximum Gasteiger partial charge on any atom is 0.200 e. The second kappa shape index (κ2) is 11.2. The summed E-state index contributed by atoms with van der Waals surface area (Å²) < 4.78 is 6.40. The van der Waals surface area contributed by atoms with Crippen molar-refractivity contribution < 1.29 is 14.9 Å². The van der Waals surface area contributed by atoms with Crippen molar-refractivity contribution in [1.29, 1.82) is 0 Å². The Kier molecular flexibility index (Phi) is 9.66. The molecule has 0 aliphatic carbocycles. The molecule has 0 atom stereocenters. The summed E-state index contributed by atoms with van der Waals surface area (Å²) in [7, 11) is 0. The van der Waals surface area contributed by atoms with Crippen LogP contribution in [0, 0.1) is 0 Å². The molecular weight excluding hydrogens is 300 g/mol. The molecule has 0 aliphatic rings. The van der Waals surface area contributed by atoms with Gasteiger partial charge in [0.25, 0.3) is 0 Å². The summed E-state index contributed by atoms with van der Waals surface area (Å²) in [6.45, 7) is 6.63. The first-order chi connectivity index (χ1) is 11.6.